The number of carbonyl (C=O) groups excluding carboxylic acids is 2. The summed E-state index contributed by atoms with van der Waals surface area (Å²) in [4.78, 5) is 28.0. The number of carbonyl (C=O) groups is 2. The average molecular weight is 492 g/mol. The first kappa shape index (κ1) is 27.3. The molecule has 2 aromatic carbocycles. The van der Waals surface area contributed by atoms with Gasteiger partial charge in [-0.05, 0) is 62.1 Å². The van der Waals surface area contributed by atoms with Crippen molar-refractivity contribution in [3.05, 3.63) is 65.5 Å². The van der Waals surface area contributed by atoms with Crippen molar-refractivity contribution >= 4 is 27.5 Å². The van der Waals surface area contributed by atoms with E-state index < -0.39 is 34.3 Å². The quantitative estimate of drug-likeness (QED) is 0.520. The number of hydrogen-bond donors (Lipinski definition) is 1. The van der Waals surface area contributed by atoms with E-state index in [1.54, 1.807) is 37.3 Å². The van der Waals surface area contributed by atoms with Crippen LogP contribution in [0.5, 0.6) is 0 Å². The maximum atomic E-state index is 13.6. The van der Waals surface area contributed by atoms with Gasteiger partial charge in [0.1, 0.15) is 18.4 Å². The van der Waals surface area contributed by atoms with Crippen molar-refractivity contribution < 1.29 is 22.4 Å². The molecule has 0 aliphatic carbocycles. The molecule has 34 heavy (non-hydrogen) atoms. The minimum absolute atomic E-state index is 0.0387. The van der Waals surface area contributed by atoms with Crippen LogP contribution in [0.2, 0.25) is 0 Å². The molecule has 0 heterocycles. The lowest BCUT2D eigenvalue weighted by molar-refractivity contribution is -0.140. The molecule has 0 saturated carbocycles. The van der Waals surface area contributed by atoms with Crippen molar-refractivity contribution in [2.24, 2.45) is 0 Å². The van der Waals surface area contributed by atoms with E-state index in [4.69, 9.17) is 0 Å². The van der Waals surface area contributed by atoms with Gasteiger partial charge in [0.25, 0.3) is 0 Å². The lowest BCUT2D eigenvalue weighted by atomic mass is 10.1. The molecule has 0 radical (unpaired) electrons. The predicted molar refractivity (Wildman–Crippen MR) is 132 cm³/mol. The van der Waals surface area contributed by atoms with Gasteiger partial charge in [-0.1, -0.05) is 38.1 Å². The summed E-state index contributed by atoms with van der Waals surface area (Å²) in [6.45, 7) is 7.02. The molecule has 0 unspecified atom stereocenters. The number of halogens is 1. The van der Waals surface area contributed by atoms with Gasteiger partial charge in [-0.25, -0.2) is 12.8 Å². The van der Waals surface area contributed by atoms with Crippen LogP contribution in [0, 0.1) is 12.7 Å². The summed E-state index contributed by atoms with van der Waals surface area (Å²) >= 11 is 0. The molecule has 0 saturated heterocycles. The van der Waals surface area contributed by atoms with Crippen molar-refractivity contribution in [3.63, 3.8) is 0 Å². The fourth-order valence-corrected chi connectivity index (χ4v) is 4.39. The number of benzene rings is 2. The molecule has 2 atom stereocenters. The molecular formula is C25H34FN3O4S. The Morgan fingerprint density at radius 3 is 2.24 bits per heavy atom. The predicted octanol–water partition coefficient (Wildman–Crippen LogP) is 3.62. The molecule has 0 aliphatic rings. The number of anilines is 1. The molecule has 1 N–H and O–H groups in total. The summed E-state index contributed by atoms with van der Waals surface area (Å²) in [6.07, 6.45) is 2.10. The largest absolute Gasteiger partial charge is 0.352 e. The van der Waals surface area contributed by atoms with Crippen LogP contribution in [0.25, 0.3) is 0 Å². The van der Waals surface area contributed by atoms with Crippen LogP contribution in [0.1, 0.15) is 44.7 Å². The van der Waals surface area contributed by atoms with Crippen LogP contribution in [0.15, 0.2) is 48.5 Å². The average Bonchev–Trinajstić information content (AvgIpc) is 2.77. The van der Waals surface area contributed by atoms with Crippen LogP contribution in [-0.2, 0) is 26.2 Å². The molecule has 2 rings (SSSR count). The molecule has 0 spiro atoms. The minimum atomic E-state index is -3.78. The van der Waals surface area contributed by atoms with Crippen LogP contribution in [-0.4, -0.2) is 50.0 Å². The van der Waals surface area contributed by atoms with Crippen LogP contribution in [0.4, 0.5) is 10.1 Å². The van der Waals surface area contributed by atoms with E-state index in [0.717, 1.165) is 22.5 Å². The first-order valence-electron chi connectivity index (χ1n) is 11.3. The first-order valence-corrected chi connectivity index (χ1v) is 13.2. The first-order chi connectivity index (χ1) is 16.0. The lowest BCUT2D eigenvalue weighted by Gasteiger charge is -2.33. The summed E-state index contributed by atoms with van der Waals surface area (Å²) in [6, 6.07) is 11.6. The summed E-state index contributed by atoms with van der Waals surface area (Å²) < 4.78 is 39.6. The summed E-state index contributed by atoms with van der Waals surface area (Å²) in [5.41, 5.74) is 1.85. The van der Waals surface area contributed by atoms with E-state index in [-0.39, 0.29) is 18.5 Å². The Bertz CT molecular complexity index is 1090. The monoisotopic (exact) mass is 491 g/mol. The summed E-state index contributed by atoms with van der Waals surface area (Å²) in [5.74, 6) is -1.25. The number of amides is 2. The van der Waals surface area contributed by atoms with E-state index in [1.807, 2.05) is 26.8 Å². The Morgan fingerprint density at radius 2 is 1.71 bits per heavy atom. The highest BCUT2D eigenvalue weighted by molar-refractivity contribution is 7.92. The van der Waals surface area contributed by atoms with Gasteiger partial charge < -0.3 is 10.2 Å². The number of aryl methyl sites for hydroxylation is 1. The number of nitrogens with one attached hydrogen (secondary N) is 1. The third-order valence-electron chi connectivity index (χ3n) is 5.62. The van der Waals surface area contributed by atoms with E-state index in [0.29, 0.717) is 17.7 Å². The zero-order chi connectivity index (χ0) is 25.5. The fourth-order valence-electron chi connectivity index (χ4n) is 3.54. The SMILES string of the molecule is CC[C@@H](C)NC(=O)[C@@H](CC)N(Cc1ccc(F)cc1)C(=O)CN(c1cccc(C)c1)S(C)(=O)=O. The van der Waals surface area contributed by atoms with Gasteiger partial charge in [0, 0.05) is 12.6 Å². The van der Waals surface area contributed by atoms with Gasteiger partial charge in [0.15, 0.2) is 0 Å². The third-order valence-corrected chi connectivity index (χ3v) is 6.76. The molecule has 7 nitrogen and oxygen atoms in total. The van der Waals surface area contributed by atoms with Crippen molar-refractivity contribution in [2.45, 2.75) is 59.2 Å². The van der Waals surface area contributed by atoms with Gasteiger partial charge >= 0.3 is 0 Å². The van der Waals surface area contributed by atoms with E-state index in [1.165, 1.54) is 17.0 Å². The molecule has 186 valence electrons. The van der Waals surface area contributed by atoms with Gasteiger partial charge in [0.2, 0.25) is 21.8 Å². The second kappa shape index (κ2) is 12.0. The van der Waals surface area contributed by atoms with Crippen molar-refractivity contribution in [2.75, 3.05) is 17.1 Å². The molecule has 0 aliphatic heterocycles. The second-order valence-electron chi connectivity index (χ2n) is 8.50. The number of rotatable bonds is 11. The van der Waals surface area contributed by atoms with Crippen molar-refractivity contribution in [1.82, 2.24) is 10.2 Å². The Labute approximate surface area is 202 Å². The maximum absolute atomic E-state index is 13.6. The van der Waals surface area contributed by atoms with Crippen LogP contribution in [0.3, 0.4) is 0 Å². The molecule has 0 fully saturated rings. The Kier molecular flexibility index (Phi) is 9.61. The van der Waals surface area contributed by atoms with Crippen LogP contribution < -0.4 is 9.62 Å². The van der Waals surface area contributed by atoms with Gasteiger partial charge in [-0.15, -0.1) is 0 Å². The number of hydrogen-bond acceptors (Lipinski definition) is 4. The van der Waals surface area contributed by atoms with Gasteiger partial charge in [-0.3, -0.25) is 13.9 Å². The summed E-state index contributed by atoms with van der Waals surface area (Å²) in [5, 5.41) is 2.91. The van der Waals surface area contributed by atoms with E-state index in [9.17, 15) is 22.4 Å². The zero-order valence-corrected chi connectivity index (χ0v) is 21.2. The molecule has 2 amide bonds. The highest BCUT2D eigenvalue weighted by Gasteiger charge is 2.32. The highest BCUT2D eigenvalue weighted by Crippen LogP contribution is 2.21. The second-order valence-corrected chi connectivity index (χ2v) is 10.4. The Balaban J connectivity index is 2.43. The van der Waals surface area contributed by atoms with E-state index in [2.05, 4.69) is 5.32 Å². The zero-order valence-electron chi connectivity index (χ0n) is 20.4. The Hall–Kier alpha value is -2.94. The van der Waals surface area contributed by atoms with E-state index >= 15 is 0 Å². The van der Waals surface area contributed by atoms with Gasteiger partial charge in [0.05, 0.1) is 11.9 Å². The van der Waals surface area contributed by atoms with Crippen LogP contribution >= 0.6 is 0 Å². The lowest BCUT2D eigenvalue weighted by Crippen LogP contribution is -2.53. The fraction of sp³-hybridized carbons (Fsp3) is 0.440. The normalized spacial score (nSPS) is 13.1. The van der Waals surface area contributed by atoms with Crippen molar-refractivity contribution in [3.8, 4) is 0 Å². The van der Waals surface area contributed by atoms with Crippen molar-refractivity contribution in [1.29, 1.82) is 0 Å². The molecular weight excluding hydrogens is 457 g/mol. The standard InChI is InChI=1S/C25H34FN3O4S/c1-6-19(4)27-25(31)23(7-2)28(16-20-11-13-21(26)14-12-20)24(30)17-29(34(5,32)33)22-10-8-9-18(3)15-22/h8-15,19,23H,6-7,16-17H2,1-5H3,(H,27,31)/t19-,23-/m1/s1. The maximum Gasteiger partial charge on any atom is 0.244 e. The van der Waals surface area contributed by atoms with Gasteiger partial charge in [-0.2, -0.15) is 0 Å². The molecule has 9 heteroatoms. The molecule has 0 aromatic heterocycles. The summed E-state index contributed by atoms with van der Waals surface area (Å²) in [7, 11) is -3.78. The third kappa shape index (κ3) is 7.55. The highest BCUT2D eigenvalue weighted by atomic mass is 32.2. The smallest absolute Gasteiger partial charge is 0.244 e. The minimum Gasteiger partial charge on any atom is -0.352 e. The molecule has 2 aromatic rings. The topological polar surface area (TPSA) is 86.8 Å². The molecule has 0 bridgehead atoms. The number of sulfonamides is 1. The Morgan fingerprint density at radius 1 is 1.06 bits per heavy atom. The number of nitrogens with zero attached hydrogens (tertiary/aromatic N) is 2.